The summed E-state index contributed by atoms with van der Waals surface area (Å²) >= 11 is 2.24. The molecule has 4 heteroatoms. The molecule has 0 radical (unpaired) electrons. The van der Waals surface area contributed by atoms with Crippen molar-refractivity contribution in [2.45, 2.75) is 45.4 Å². The van der Waals surface area contributed by atoms with Crippen LogP contribution in [0, 0.1) is 3.57 Å². The number of nitrogen functional groups attached to an aromatic ring is 1. The van der Waals surface area contributed by atoms with Crippen LogP contribution in [0.3, 0.4) is 0 Å². The van der Waals surface area contributed by atoms with Crippen molar-refractivity contribution in [2.24, 2.45) is 0 Å². The van der Waals surface area contributed by atoms with Crippen molar-refractivity contribution in [3.05, 3.63) is 51.0 Å². The zero-order valence-electron chi connectivity index (χ0n) is 12.9. The quantitative estimate of drug-likeness (QED) is 0.767. The monoisotopic (exact) mass is 395 g/mol. The van der Waals surface area contributed by atoms with Gasteiger partial charge in [-0.3, -0.25) is 0 Å². The van der Waals surface area contributed by atoms with Gasteiger partial charge in [-0.25, -0.2) is 9.97 Å². The number of aromatic nitrogens is 2. The van der Waals surface area contributed by atoms with E-state index >= 15 is 0 Å². The summed E-state index contributed by atoms with van der Waals surface area (Å²) < 4.78 is 0.980. The van der Waals surface area contributed by atoms with Crippen LogP contribution in [0.15, 0.2) is 30.3 Å². The molecule has 2 aromatic rings. The van der Waals surface area contributed by atoms with Crippen LogP contribution < -0.4 is 5.73 Å². The first-order chi connectivity index (χ1) is 10.1. The fraction of sp³-hybridized carbons (Fsp3) is 0.412. The Morgan fingerprint density at radius 2 is 1.67 bits per heavy atom. The van der Waals surface area contributed by atoms with Crippen molar-refractivity contribution in [1.82, 2.24) is 9.97 Å². The van der Waals surface area contributed by atoms with Gasteiger partial charge in [-0.15, -0.1) is 0 Å². The minimum atomic E-state index is -0.163. The van der Waals surface area contributed by atoms with Crippen LogP contribution in [0.4, 0.5) is 5.82 Å². The maximum absolute atomic E-state index is 6.12. The van der Waals surface area contributed by atoms with Crippen molar-refractivity contribution >= 4 is 28.4 Å². The molecule has 2 N–H and O–H groups in total. The summed E-state index contributed by atoms with van der Waals surface area (Å²) in [6.07, 6.45) is 2.78. The second kappa shape index (κ2) is 6.73. The summed E-state index contributed by atoms with van der Waals surface area (Å²) in [6.45, 7) is 6.50. The molecule has 1 heterocycles. The molecule has 0 aliphatic rings. The Morgan fingerprint density at radius 1 is 1.05 bits per heavy atom. The first-order valence-corrected chi connectivity index (χ1v) is 8.54. The molecule has 2 rings (SSSR count). The van der Waals surface area contributed by atoms with E-state index in [1.54, 1.807) is 0 Å². The van der Waals surface area contributed by atoms with Crippen LogP contribution in [0.5, 0.6) is 0 Å². The number of nitrogens with zero attached hydrogens (tertiary/aromatic N) is 2. The summed E-state index contributed by atoms with van der Waals surface area (Å²) in [5, 5.41) is 0. The molecule has 1 aromatic carbocycles. The highest BCUT2D eigenvalue weighted by Crippen LogP contribution is 2.37. The van der Waals surface area contributed by atoms with E-state index in [1.165, 1.54) is 5.56 Å². The Bertz CT molecular complexity index is 607. The van der Waals surface area contributed by atoms with Gasteiger partial charge >= 0.3 is 0 Å². The molecular weight excluding hydrogens is 373 g/mol. The minimum Gasteiger partial charge on any atom is -0.383 e. The first kappa shape index (κ1) is 16.2. The predicted octanol–water partition coefficient (Wildman–Crippen LogP) is 4.33. The summed E-state index contributed by atoms with van der Waals surface area (Å²) in [5.74, 6) is 1.45. The summed E-state index contributed by atoms with van der Waals surface area (Å²) in [7, 11) is 0. The average Bonchev–Trinajstić information content (AvgIpc) is 2.53. The van der Waals surface area contributed by atoms with Crippen molar-refractivity contribution in [3.63, 3.8) is 0 Å². The molecule has 0 amide bonds. The van der Waals surface area contributed by atoms with Gasteiger partial charge in [0.15, 0.2) is 0 Å². The van der Waals surface area contributed by atoms with Crippen LogP contribution in [0.25, 0.3) is 0 Å². The van der Waals surface area contributed by atoms with Gasteiger partial charge in [0.1, 0.15) is 11.6 Å². The van der Waals surface area contributed by atoms with Gasteiger partial charge in [-0.05, 0) is 47.4 Å². The second-order valence-corrected chi connectivity index (χ2v) is 6.28. The highest BCUT2D eigenvalue weighted by Gasteiger charge is 2.34. The molecule has 0 saturated heterocycles. The summed E-state index contributed by atoms with van der Waals surface area (Å²) in [6, 6.07) is 10.5. The Kier molecular flexibility index (Phi) is 5.19. The molecule has 0 atom stereocenters. The highest BCUT2D eigenvalue weighted by molar-refractivity contribution is 14.1. The molecule has 0 spiro atoms. The van der Waals surface area contributed by atoms with E-state index in [1.807, 2.05) is 6.07 Å². The number of anilines is 1. The summed E-state index contributed by atoms with van der Waals surface area (Å²) in [4.78, 5) is 9.47. The van der Waals surface area contributed by atoms with Crippen LogP contribution in [-0.4, -0.2) is 9.97 Å². The van der Waals surface area contributed by atoms with E-state index in [4.69, 9.17) is 10.7 Å². The molecule has 1 aromatic heterocycles. The van der Waals surface area contributed by atoms with Gasteiger partial charge in [0, 0.05) is 0 Å². The van der Waals surface area contributed by atoms with Crippen molar-refractivity contribution < 1.29 is 0 Å². The molecule has 21 heavy (non-hydrogen) atoms. The lowest BCUT2D eigenvalue weighted by Crippen LogP contribution is -2.30. The molecule has 0 bridgehead atoms. The fourth-order valence-electron chi connectivity index (χ4n) is 2.82. The third-order valence-corrected chi connectivity index (χ3v) is 5.42. The number of aryl methyl sites for hydroxylation is 1. The molecular formula is C17H22IN3. The number of hydrogen-bond acceptors (Lipinski definition) is 3. The van der Waals surface area contributed by atoms with Gasteiger partial charge in [0.25, 0.3) is 0 Å². The Morgan fingerprint density at radius 3 is 2.19 bits per heavy atom. The fourth-order valence-corrected chi connectivity index (χ4v) is 3.44. The van der Waals surface area contributed by atoms with Crippen molar-refractivity contribution in [1.29, 1.82) is 0 Å². The minimum absolute atomic E-state index is 0.163. The highest BCUT2D eigenvalue weighted by atomic mass is 127. The number of rotatable bonds is 5. The third kappa shape index (κ3) is 2.91. The van der Waals surface area contributed by atoms with E-state index in [0.29, 0.717) is 5.82 Å². The Hall–Kier alpha value is -1.17. The van der Waals surface area contributed by atoms with Gasteiger partial charge in [0.05, 0.1) is 14.7 Å². The van der Waals surface area contributed by atoms with Crippen molar-refractivity contribution in [3.8, 4) is 0 Å². The smallest absolute Gasteiger partial charge is 0.141 e. The lowest BCUT2D eigenvalue weighted by Gasteiger charge is -2.31. The number of halogens is 1. The zero-order chi connectivity index (χ0) is 15.5. The molecule has 0 unspecified atom stereocenters. The molecule has 112 valence electrons. The summed E-state index contributed by atoms with van der Waals surface area (Å²) in [5.41, 5.74) is 8.26. The predicted molar refractivity (Wildman–Crippen MR) is 96.3 cm³/mol. The average molecular weight is 395 g/mol. The number of nitrogens with two attached hydrogens (primary N) is 1. The molecule has 0 aliphatic heterocycles. The Labute approximate surface area is 140 Å². The second-order valence-electron chi connectivity index (χ2n) is 5.20. The van der Waals surface area contributed by atoms with E-state index in [2.05, 4.69) is 72.6 Å². The molecule has 0 fully saturated rings. The lowest BCUT2D eigenvalue weighted by molar-refractivity contribution is 0.447. The largest absolute Gasteiger partial charge is 0.383 e. The molecule has 0 saturated carbocycles. The molecule has 3 nitrogen and oxygen atoms in total. The van der Waals surface area contributed by atoms with E-state index in [0.717, 1.165) is 34.4 Å². The maximum atomic E-state index is 6.12. The van der Waals surface area contributed by atoms with Crippen molar-refractivity contribution in [2.75, 3.05) is 5.73 Å². The van der Waals surface area contributed by atoms with Gasteiger partial charge in [-0.2, -0.15) is 0 Å². The van der Waals surface area contributed by atoms with Gasteiger partial charge in [-0.1, -0.05) is 51.1 Å². The van der Waals surface area contributed by atoms with Crippen LogP contribution in [-0.2, 0) is 11.8 Å². The SMILES string of the molecule is CCc1nc(C(CC)(CC)c2ccccc2)nc(N)c1I. The van der Waals surface area contributed by atoms with Crippen LogP contribution in [0.2, 0.25) is 0 Å². The standard InChI is InChI=1S/C17H22IN3/c1-4-13-14(18)15(19)21-16(20-13)17(5-2,6-3)12-10-8-7-9-11-12/h7-11H,4-6H2,1-3H3,(H2,19,20,21). The van der Waals surface area contributed by atoms with Crippen LogP contribution in [0.1, 0.15) is 50.7 Å². The van der Waals surface area contributed by atoms with Crippen LogP contribution >= 0.6 is 22.6 Å². The van der Waals surface area contributed by atoms with Gasteiger partial charge < -0.3 is 5.73 Å². The zero-order valence-corrected chi connectivity index (χ0v) is 15.0. The maximum Gasteiger partial charge on any atom is 0.141 e. The van der Waals surface area contributed by atoms with E-state index in [-0.39, 0.29) is 5.41 Å². The number of hydrogen-bond donors (Lipinski definition) is 1. The van der Waals surface area contributed by atoms with E-state index < -0.39 is 0 Å². The molecule has 0 aliphatic carbocycles. The number of benzene rings is 1. The lowest BCUT2D eigenvalue weighted by atomic mass is 9.75. The topological polar surface area (TPSA) is 51.8 Å². The normalized spacial score (nSPS) is 11.6. The van der Waals surface area contributed by atoms with E-state index in [9.17, 15) is 0 Å². The first-order valence-electron chi connectivity index (χ1n) is 7.46. The third-order valence-electron chi connectivity index (χ3n) is 4.24. The Balaban J connectivity index is 2.66. The van der Waals surface area contributed by atoms with Gasteiger partial charge in [0.2, 0.25) is 0 Å².